The van der Waals surface area contributed by atoms with E-state index in [0.29, 0.717) is 0 Å². The minimum atomic E-state index is -0.393. The van der Waals surface area contributed by atoms with Crippen molar-refractivity contribution < 1.29 is 4.42 Å². The summed E-state index contributed by atoms with van der Waals surface area (Å²) >= 11 is -0.393. The third-order valence-electron chi connectivity index (χ3n) is 5.90. The molecule has 0 saturated heterocycles. The predicted molar refractivity (Wildman–Crippen MR) is 132 cm³/mol. The Bertz CT molecular complexity index is 1780. The zero-order valence-electron chi connectivity index (χ0n) is 16.9. The van der Waals surface area contributed by atoms with Crippen LogP contribution in [-0.4, -0.2) is 30.4 Å². The van der Waals surface area contributed by atoms with Crippen molar-refractivity contribution in [1.29, 1.82) is 0 Å². The van der Waals surface area contributed by atoms with Gasteiger partial charge in [-0.15, -0.1) is 0 Å². The normalized spacial score (nSPS) is 11.8. The molecular formula is C28H16N2OTe. The van der Waals surface area contributed by atoms with Crippen LogP contribution in [0.1, 0.15) is 0 Å². The third-order valence-corrected chi connectivity index (χ3v) is 9.14. The Morgan fingerprint density at radius 3 is 2.25 bits per heavy atom. The maximum absolute atomic E-state index is 6.23. The van der Waals surface area contributed by atoms with Crippen LogP contribution in [-0.2, 0) is 0 Å². The summed E-state index contributed by atoms with van der Waals surface area (Å²) in [5.41, 5.74) is 5.37. The summed E-state index contributed by atoms with van der Waals surface area (Å²) in [6.45, 7) is 0. The van der Waals surface area contributed by atoms with Gasteiger partial charge in [-0.3, -0.25) is 0 Å². The summed E-state index contributed by atoms with van der Waals surface area (Å²) in [5.74, 6) is 0.745. The molecule has 0 amide bonds. The molecule has 0 aliphatic carbocycles. The van der Waals surface area contributed by atoms with Gasteiger partial charge in [0, 0.05) is 0 Å². The van der Waals surface area contributed by atoms with Gasteiger partial charge in [-0.25, -0.2) is 0 Å². The molecule has 32 heavy (non-hydrogen) atoms. The molecule has 3 heterocycles. The van der Waals surface area contributed by atoms with Crippen LogP contribution in [0.5, 0.6) is 0 Å². The number of para-hydroxylation sites is 1. The van der Waals surface area contributed by atoms with Crippen molar-refractivity contribution in [2.45, 2.75) is 0 Å². The van der Waals surface area contributed by atoms with E-state index >= 15 is 0 Å². The van der Waals surface area contributed by atoms with E-state index in [-0.39, 0.29) is 0 Å². The number of hydrogen-bond acceptors (Lipinski definition) is 3. The van der Waals surface area contributed by atoms with E-state index in [1.807, 2.05) is 36.4 Å². The fourth-order valence-electron chi connectivity index (χ4n) is 4.38. The van der Waals surface area contributed by atoms with E-state index in [9.17, 15) is 0 Å². The Kier molecular flexibility index (Phi) is 3.99. The van der Waals surface area contributed by atoms with Gasteiger partial charge < -0.3 is 0 Å². The molecule has 0 saturated carbocycles. The molecular weight excluding hydrogens is 508 g/mol. The van der Waals surface area contributed by atoms with E-state index in [1.165, 1.54) is 17.6 Å². The summed E-state index contributed by atoms with van der Waals surface area (Å²) in [5, 5.41) is 3.77. The van der Waals surface area contributed by atoms with Crippen LogP contribution in [0.4, 0.5) is 0 Å². The molecule has 150 valence electrons. The van der Waals surface area contributed by atoms with Crippen molar-refractivity contribution in [3.05, 3.63) is 97.1 Å². The third kappa shape index (κ3) is 2.74. The molecule has 7 aromatic rings. The first-order valence-electron chi connectivity index (χ1n) is 10.5. The Morgan fingerprint density at radius 2 is 1.34 bits per heavy atom. The van der Waals surface area contributed by atoms with Crippen LogP contribution in [0.15, 0.2) is 101 Å². The predicted octanol–water partition coefficient (Wildman–Crippen LogP) is 7.07. The number of fused-ring (bicyclic) bond motifs is 6. The average molecular weight is 524 g/mol. The second-order valence-corrected chi connectivity index (χ2v) is 10.9. The molecule has 0 aliphatic rings. The molecule has 0 atom stereocenters. The molecule has 4 heteroatoms. The topological polar surface area (TPSA) is 38.9 Å². The monoisotopic (exact) mass is 526 g/mol. The van der Waals surface area contributed by atoms with Crippen molar-refractivity contribution in [3.63, 3.8) is 0 Å². The van der Waals surface area contributed by atoms with E-state index in [0.717, 1.165) is 44.7 Å². The van der Waals surface area contributed by atoms with Crippen molar-refractivity contribution in [1.82, 2.24) is 9.97 Å². The number of hydrogen-bond donors (Lipinski definition) is 0. The quantitative estimate of drug-likeness (QED) is 0.227. The second-order valence-electron chi connectivity index (χ2n) is 7.85. The zero-order valence-corrected chi connectivity index (χ0v) is 19.3. The van der Waals surface area contributed by atoms with Crippen LogP contribution < -0.4 is 0 Å². The van der Waals surface area contributed by atoms with Gasteiger partial charge in [-0.1, -0.05) is 0 Å². The van der Waals surface area contributed by atoms with E-state index < -0.39 is 20.4 Å². The van der Waals surface area contributed by atoms with Crippen LogP contribution in [0.25, 0.3) is 62.3 Å². The number of benzene rings is 4. The summed E-state index contributed by atoms with van der Waals surface area (Å²) in [4.78, 5) is 10.0. The van der Waals surface area contributed by atoms with Gasteiger partial charge in [-0.2, -0.15) is 0 Å². The van der Waals surface area contributed by atoms with Crippen molar-refractivity contribution in [3.8, 4) is 22.6 Å². The van der Waals surface area contributed by atoms with Gasteiger partial charge in [0.25, 0.3) is 0 Å². The zero-order chi connectivity index (χ0) is 21.1. The molecule has 0 spiro atoms. The molecule has 7 rings (SSSR count). The minimum absolute atomic E-state index is 0.393. The van der Waals surface area contributed by atoms with Crippen molar-refractivity contribution in [2.75, 3.05) is 0 Å². The molecule has 0 unspecified atom stereocenters. The van der Waals surface area contributed by atoms with Gasteiger partial charge in [0.05, 0.1) is 0 Å². The first-order valence-corrected chi connectivity index (χ1v) is 12.8. The Balaban J connectivity index is 1.53. The summed E-state index contributed by atoms with van der Waals surface area (Å²) in [6.07, 6.45) is 0. The molecule has 3 nitrogen and oxygen atoms in total. The molecule has 3 aromatic heterocycles. The van der Waals surface area contributed by atoms with Crippen LogP contribution in [0, 0.1) is 0 Å². The number of nitrogens with zero attached hydrogens (tertiary/aromatic N) is 2. The Morgan fingerprint density at radius 1 is 0.594 bits per heavy atom. The van der Waals surface area contributed by atoms with E-state index in [2.05, 4.69) is 60.7 Å². The van der Waals surface area contributed by atoms with Gasteiger partial charge in [0.1, 0.15) is 0 Å². The van der Waals surface area contributed by atoms with E-state index in [1.54, 1.807) is 0 Å². The fourth-order valence-corrected chi connectivity index (χ4v) is 7.65. The van der Waals surface area contributed by atoms with Crippen molar-refractivity contribution in [2.24, 2.45) is 0 Å². The number of furan rings is 1. The number of aromatic nitrogens is 2. The second kappa shape index (κ2) is 7.03. The summed E-state index contributed by atoms with van der Waals surface area (Å²) in [7, 11) is 0. The molecule has 0 N–H and O–H groups in total. The van der Waals surface area contributed by atoms with Gasteiger partial charge in [0.15, 0.2) is 0 Å². The standard InChI is InChI=1S/C28H16N2OTe/c1-2-8-17(9-3-1)25-27-26(21-11-4-6-12-22(21)31-27)30-28(29-25)18-14-15-20-19-10-5-7-13-23(19)32-24(20)16-18/h1-16H. The Hall–Kier alpha value is -3.45. The van der Waals surface area contributed by atoms with E-state index in [4.69, 9.17) is 14.4 Å². The summed E-state index contributed by atoms with van der Waals surface area (Å²) in [6, 6.07) is 33.8. The fraction of sp³-hybridized carbons (Fsp3) is 0. The molecule has 0 fully saturated rings. The summed E-state index contributed by atoms with van der Waals surface area (Å²) < 4.78 is 9.19. The molecule has 4 aromatic carbocycles. The molecule has 0 aliphatic heterocycles. The Labute approximate surface area is 193 Å². The van der Waals surface area contributed by atoms with Gasteiger partial charge in [0.2, 0.25) is 0 Å². The maximum atomic E-state index is 6.23. The first kappa shape index (κ1) is 18.2. The average Bonchev–Trinajstić information content (AvgIpc) is 3.42. The van der Waals surface area contributed by atoms with Crippen LogP contribution in [0.2, 0.25) is 0 Å². The van der Waals surface area contributed by atoms with Crippen LogP contribution in [0.3, 0.4) is 0 Å². The first-order chi connectivity index (χ1) is 15.8. The number of rotatable bonds is 2. The molecule has 0 radical (unpaired) electrons. The molecule has 0 bridgehead atoms. The SMILES string of the molecule is c1ccc(-c2nc(-c3ccc4c(c3)[te]c3ccccc34)nc3c2oc2ccccc23)cc1. The van der Waals surface area contributed by atoms with Gasteiger partial charge in [-0.05, 0) is 0 Å². The van der Waals surface area contributed by atoms with Gasteiger partial charge >= 0.3 is 194 Å². The van der Waals surface area contributed by atoms with Crippen molar-refractivity contribution >= 4 is 60.1 Å². The van der Waals surface area contributed by atoms with Crippen LogP contribution >= 0.6 is 0 Å².